The van der Waals surface area contributed by atoms with Crippen molar-refractivity contribution < 1.29 is 14.3 Å². The summed E-state index contributed by atoms with van der Waals surface area (Å²) in [5.41, 5.74) is 0.995. The number of likely N-dealkylation sites (N-methyl/N-ethyl adjacent to an activating group) is 1. The van der Waals surface area contributed by atoms with Gasteiger partial charge in [-0.2, -0.15) is 0 Å². The number of carbonyl (C=O) groups excluding carboxylic acids is 1. The average Bonchev–Trinajstić information content (AvgIpc) is 3.14. The number of guanidine groups is 1. The van der Waals surface area contributed by atoms with E-state index >= 15 is 0 Å². The first-order chi connectivity index (χ1) is 12.1. The maximum atomic E-state index is 11.8. The van der Waals surface area contributed by atoms with Gasteiger partial charge in [0, 0.05) is 38.7 Å². The Bertz CT molecular complexity index is 583. The zero-order chi connectivity index (χ0) is 18.1. The highest BCUT2D eigenvalue weighted by atomic mass is 16.5. The standard InChI is InChI=1S/C18H28N4O3/c1-22(2)17(23)12-21-18(19-10-14-8-9-25-13-14)20-11-15-6-4-5-7-16(15)24-3/h4-7,14H,8-13H2,1-3H3,(H2,19,20,21). The molecule has 0 aromatic heterocycles. The zero-order valence-corrected chi connectivity index (χ0v) is 15.2. The summed E-state index contributed by atoms with van der Waals surface area (Å²) in [4.78, 5) is 18.0. The first kappa shape index (κ1) is 19.1. The number of hydrogen-bond donors (Lipinski definition) is 2. The van der Waals surface area contributed by atoms with Crippen molar-refractivity contribution in [3.05, 3.63) is 29.8 Å². The molecule has 1 heterocycles. The van der Waals surface area contributed by atoms with Gasteiger partial charge in [-0.1, -0.05) is 18.2 Å². The Labute approximate surface area is 149 Å². The molecule has 1 saturated heterocycles. The summed E-state index contributed by atoms with van der Waals surface area (Å²) in [6.07, 6.45) is 1.05. The van der Waals surface area contributed by atoms with Crippen molar-refractivity contribution in [1.82, 2.24) is 15.5 Å². The number of hydrogen-bond acceptors (Lipinski definition) is 4. The molecule has 1 fully saturated rings. The number of benzene rings is 1. The number of nitrogens with one attached hydrogen (secondary N) is 2. The lowest BCUT2D eigenvalue weighted by molar-refractivity contribution is -0.127. The van der Waals surface area contributed by atoms with Crippen LogP contribution in [0.2, 0.25) is 0 Å². The van der Waals surface area contributed by atoms with Gasteiger partial charge >= 0.3 is 0 Å². The molecule has 25 heavy (non-hydrogen) atoms. The van der Waals surface area contributed by atoms with E-state index in [1.54, 1.807) is 26.1 Å². The second-order valence-corrected chi connectivity index (χ2v) is 6.23. The van der Waals surface area contributed by atoms with Crippen LogP contribution in [0.3, 0.4) is 0 Å². The molecule has 2 N–H and O–H groups in total. The molecule has 1 amide bonds. The van der Waals surface area contributed by atoms with Crippen molar-refractivity contribution in [2.75, 3.05) is 47.5 Å². The van der Waals surface area contributed by atoms with Crippen LogP contribution in [0.25, 0.3) is 0 Å². The van der Waals surface area contributed by atoms with Crippen LogP contribution in [0.4, 0.5) is 0 Å². The molecule has 1 aromatic carbocycles. The van der Waals surface area contributed by atoms with Gasteiger partial charge in [-0.25, -0.2) is 4.99 Å². The Kier molecular flexibility index (Phi) is 7.53. The second kappa shape index (κ2) is 9.88. The fraction of sp³-hybridized carbons (Fsp3) is 0.556. The normalized spacial score (nSPS) is 17.2. The van der Waals surface area contributed by atoms with E-state index in [0.717, 1.165) is 37.5 Å². The van der Waals surface area contributed by atoms with E-state index in [-0.39, 0.29) is 12.5 Å². The van der Waals surface area contributed by atoms with Gasteiger partial charge in [-0.3, -0.25) is 4.79 Å². The van der Waals surface area contributed by atoms with Crippen LogP contribution in [-0.4, -0.2) is 64.3 Å². The molecular weight excluding hydrogens is 320 g/mol. The molecule has 1 aromatic rings. The number of rotatable bonds is 7. The number of carbonyl (C=O) groups is 1. The van der Waals surface area contributed by atoms with Crippen molar-refractivity contribution in [3.63, 3.8) is 0 Å². The third-order valence-corrected chi connectivity index (χ3v) is 4.09. The summed E-state index contributed by atoms with van der Waals surface area (Å²) in [6, 6.07) is 7.78. The Morgan fingerprint density at radius 1 is 1.36 bits per heavy atom. The van der Waals surface area contributed by atoms with Crippen molar-refractivity contribution in [2.45, 2.75) is 13.0 Å². The SMILES string of the molecule is COc1ccccc1CN=C(NCC(=O)N(C)C)NCC1CCOC1. The number of aliphatic imine (C=N–C) groups is 1. The monoisotopic (exact) mass is 348 g/mol. The highest BCUT2D eigenvalue weighted by molar-refractivity contribution is 5.86. The fourth-order valence-electron chi connectivity index (χ4n) is 2.47. The van der Waals surface area contributed by atoms with Gasteiger partial charge < -0.3 is 25.0 Å². The largest absolute Gasteiger partial charge is 0.496 e. The van der Waals surface area contributed by atoms with Gasteiger partial charge in [0.2, 0.25) is 5.91 Å². The Morgan fingerprint density at radius 2 is 2.16 bits per heavy atom. The van der Waals surface area contributed by atoms with E-state index in [1.807, 2.05) is 24.3 Å². The molecule has 1 unspecified atom stereocenters. The van der Waals surface area contributed by atoms with Crippen LogP contribution in [0, 0.1) is 5.92 Å². The number of para-hydroxylation sites is 1. The number of nitrogens with zero attached hydrogens (tertiary/aromatic N) is 2. The molecule has 138 valence electrons. The summed E-state index contributed by atoms with van der Waals surface area (Å²) in [6.45, 7) is 3.02. The first-order valence-corrected chi connectivity index (χ1v) is 8.52. The average molecular weight is 348 g/mol. The predicted molar refractivity (Wildman–Crippen MR) is 97.8 cm³/mol. The third-order valence-electron chi connectivity index (χ3n) is 4.09. The van der Waals surface area contributed by atoms with Crippen LogP contribution in [0.15, 0.2) is 29.3 Å². The van der Waals surface area contributed by atoms with Crippen LogP contribution in [-0.2, 0) is 16.1 Å². The quantitative estimate of drug-likeness (QED) is 0.565. The minimum Gasteiger partial charge on any atom is -0.496 e. The summed E-state index contributed by atoms with van der Waals surface area (Å²) in [5, 5.41) is 6.41. The predicted octanol–water partition coefficient (Wildman–Crippen LogP) is 0.855. The van der Waals surface area contributed by atoms with E-state index in [1.165, 1.54) is 0 Å². The summed E-state index contributed by atoms with van der Waals surface area (Å²) < 4.78 is 10.8. The summed E-state index contributed by atoms with van der Waals surface area (Å²) in [7, 11) is 5.12. The number of amides is 1. The maximum Gasteiger partial charge on any atom is 0.241 e. The van der Waals surface area contributed by atoms with E-state index in [4.69, 9.17) is 9.47 Å². The van der Waals surface area contributed by atoms with Gasteiger partial charge in [-0.15, -0.1) is 0 Å². The summed E-state index contributed by atoms with van der Waals surface area (Å²) >= 11 is 0. The molecule has 0 radical (unpaired) electrons. The van der Waals surface area contributed by atoms with Crippen molar-refractivity contribution in [3.8, 4) is 5.75 Å². The van der Waals surface area contributed by atoms with Gasteiger partial charge in [-0.05, 0) is 12.5 Å². The molecular formula is C18H28N4O3. The second-order valence-electron chi connectivity index (χ2n) is 6.23. The van der Waals surface area contributed by atoms with Crippen LogP contribution < -0.4 is 15.4 Å². The van der Waals surface area contributed by atoms with Crippen molar-refractivity contribution in [1.29, 1.82) is 0 Å². The lowest BCUT2D eigenvalue weighted by atomic mass is 10.1. The van der Waals surface area contributed by atoms with Gasteiger partial charge in [0.05, 0.1) is 26.8 Å². The third kappa shape index (κ3) is 6.26. The highest BCUT2D eigenvalue weighted by Crippen LogP contribution is 2.18. The molecule has 0 spiro atoms. The smallest absolute Gasteiger partial charge is 0.241 e. The zero-order valence-electron chi connectivity index (χ0n) is 15.2. The molecule has 1 aliphatic rings. The van der Waals surface area contributed by atoms with Crippen molar-refractivity contribution in [2.24, 2.45) is 10.9 Å². The maximum absolute atomic E-state index is 11.8. The lowest BCUT2D eigenvalue weighted by Gasteiger charge is -2.17. The molecule has 0 bridgehead atoms. The molecule has 0 aliphatic carbocycles. The number of methoxy groups -OCH3 is 1. The van der Waals surface area contributed by atoms with E-state index < -0.39 is 0 Å². The van der Waals surface area contributed by atoms with Crippen LogP contribution >= 0.6 is 0 Å². The molecule has 1 atom stereocenters. The molecule has 0 saturated carbocycles. The van der Waals surface area contributed by atoms with Crippen molar-refractivity contribution >= 4 is 11.9 Å². The Hall–Kier alpha value is -2.28. The Balaban J connectivity index is 1.99. The van der Waals surface area contributed by atoms with E-state index in [9.17, 15) is 4.79 Å². The van der Waals surface area contributed by atoms with Gasteiger partial charge in [0.25, 0.3) is 0 Å². The molecule has 7 heteroatoms. The molecule has 7 nitrogen and oxygen atoms in total. The van der Waals surface area contributed by atoms with Gasteiger partial charge in [0.15, 0.2) is 5.96 Å². The Morgan fingerprint density at radius 3 is 2.84 bits per heavy atom. The van der Waals surface area contributed by atoms with E-state index in [0.29, 0.717) is 18.4 Å². The first-order valence-electron chi connectivity index (χ1n) is 8.52. The summed E-state index contributed by atoms with van der Waals surface area (Å²) in [5.74, 6) is 1.89. The highest BCUT2D eigenvalue weighted by Gasteiger charge is 2.16. The minimum atomic E-state index is -0.00371. The molecule has 2 rings (SSSR count). The van der Waals surface area contributed by atoms with Gasteiger partial charge in [0.1, 0.15) is 5.75 Å². The van der Waals surface area contributed by atoms with Crippen LogP contribution in [0.5, 0.6) is 5.75 Å². The number of ether oxygens (including phenoxy) is 2. The molecule has 1 aliphatic heterocycles. The minimum absolute atomic E-state index is 0.00371. The van der Waals surface area contributed by atoms with E-state index in [2.05, 4.69) is 15.6 Å². The fourth-order valence-corrected chi connectivity index (χ4v) is 2.47. The lowest BCUT2D eigenvalue weighted by Crippen LogP contribution is -2.44. The van der Waals surface area contributed by atoms with Crippen LogP contribution in [0.1, 0.15) is 12.0 Å². The topological polar surface area (TPSA) is 75.2 Å².